The molecule has 1 atom stereocenters. The van der Waals surface area contributed by atoms with Gasteiger partial charge in [0.05, 0.1) is 12.5 Å². The van der Waals surface area contributed by atoms with Gasteiger partial charge in [-0.15, -0.1) is 0 Å². The minimum absolute atomic E-state index is 0.00306. The molecule has 1 heterocycles. The summed E-state index contributed by atoms with van der Waals surface area (Å²) in [5.74, 6) is 0. The average molecular weight is 231 g/mol. The second kappa shape index (κ2) is 5.27. The maximum Gasteiger partial charge on any atom is 0.257 e. The highest BCUT2D eigenvalue weighted by atomic mass is 32.2. The zero-order valence-electron chi connectivity index (χ0n) is 9.03. The Morgan fingerprint density at radius 3 is 2.73 bits per heavy atom. The number of H-pyrrole nitrogens is 1. The van der Waals surface area contributed by atoms with Crippen LogP contribution in [-0.4, -0.2) is 24.4 Å². The van der Waals surface area contributed by atoms with Gasteiger partial charge in [-0.05, 0) is 12.8 Å². The number of aromatic nitrogens is 2. The van der Waals surface area contributed by atoms with Crippen molar-refractivity contribution in [2.24, 2.45) is 0 Å². The van der Waals surface area contributed by atoms with Gasteiger partial charge in [0.1, 0.15) is 0 Å². The van der Waals surface area contributed by atoms with E-state index in [2.05, 4.69) is 14.7 Å². The highest BCUT2D eigenvalue weighted by molar-refractivity contribution is 7.89. The first-order valence-corrected chi connectivity index (χ1v) is 6.59. The van der Waals surface area contributed by atoms with Crippen LogP contribution in [0.3, 0.4) is 0 Å². The second-order valence-electron chi connectivity index (χ2n) is 3.43. The molecule has 15 heavy (non-hydrogen) atoms. The van der Waals surface area contributed by atoms with Gasteiger partial charge in [-0.3, -0.25) is 0 Å². The number of sulfonamides is 1. The van der Waals surface area contributed by atoms with Crippen molar-refractivity contribution < 1.29 is 8.42 Å². The van der Waals surface area contributed by atoms with Gasteiger partial charge in [0.25, 0.3) is 10.0 Å². The summed E-state index contributed by atoms with van der Waals surface area (Å²) in [7, 11) is -3.42. The molecule has 6 heteroatoms. The van der Waals surface area contributed by atoms with E-state index in [4.69, 9.17) is 0 Å². The van der Waals surface area contributed by atoms with Crippen molar-refractivity contribution in [1.82, 2.24) is 14.7 Å². The van der Waals surface area contributed by atoms with E-state index in [9.17, 15) is 8.42 Å². The molecule has 0 saturated carbocycles. The molecule has 0 radical (unpaired) electrons. The molecule has 0 spiro atoms. The van der Waals surface area contributed by atoms with E-state index < -0.39 is 10.0 Å². The zero-order chi connectivity index (χ0) is 11.3. The van der Waals surface area contributed by atoms with E-state index in [0.29, 0.717) is 0 Å². The van der Waals surface area contributed by atoms with E-state index in [1.165, 1.54) is 12.5 Å². The third-order valence-electron chi connectivity index (χ3n) is 2.21. The molecule has 0 aromatic carbocycles. The first-order valence-electron chi connectivity index (χ1n) is 5.10. The first-order chi connectivity index (χ1) is 7.10. The summed E-state index contributed by atoms with van der Waals surface area (Å²) in [6.07, 6.45) is 5.27. The number of nitrogens with one attached hydrogen (secondary N) is 2. The fourth-order valence-electron chi connectivity index (χ4n) is 1.37. The molecule has 0 aliphatic heterocycles. The number of hydrogen-bond acceptors (Lipinski definition) is 3. The summed E-state index contributed by atoms with van der Waals surface area (Å²) >= 11 is 0. The van der Waals surface area contributed by atoms with Gasteiger partial charge >= 0.3 is 0 Å². The van der Waals surface area contributed by atoms with Gasteiger partial charge in [-0.1, -0.05) is 20.3 Å². The quantitative estimate of drug-likeness (QED) is 0.774. The molecule has 0 fully saturated rings. The van der Waals surface area contributed by atoms with Gasteiger partial charge < -0.3 is 4.98 Å². The Balaban J connectivity index is 2.72. The summed E-state index contributed by atoms with van der Waals surface area (Å²) in [6.45, 7) is 4.00. The van der Waals surface area contributed by atoms with Crippen LogP contribution in [0, 0.1) is 0 Å². The van der Waals surface area contributed by atoms with Crippen molar-refractivity contribution in [3.05, 3.63) is 12.5 Å². The van der Waals surface area contributed by atoms with Crippen molar-refractivity contribution in [3.8, 4) is 0 Å². The number of imidazole rings is 1. The molecule has 1 aromatic rings. The molecule has 86 valence electrons. The highest BCUT2D eigenvalue weighted by Gasteiger charge is 2.19. The summed E-state index contributed by atoms with van der Waals surface area (Å²) in [4.78, 5) is 6.28. The fourth-order valence-corrected chi connectivity index (χ4v) is 2.63. The Morgan fingerprint density at radius 1 is 1.53 bits per heavy atom. The molecule has 0 amide bonds. The Morgan fingerprint density at radius 2 is 2.27 bits per heavy atom. The van der Waals surface area contributed by atoms with Crippen LogP contribution in [0.5, 0.6) is 0 Å². The standard InChI is InChI=1S/C9H17N3O2S/c1-3-5-8(4-2)12-15(13,14)9-6-10-7-11-9/h6-8,12H,3-5H2,1-2H3,(H,10,11). The van der Waals surface area contributed by atoms with Crippen LogP contribution in [-0.2, 0) is 10.0 Å². The minimum Gasteiger partial charge on any atom is -0.335 e. The summed E-state index contributed by atoms with van der Waals surface area (Å²) in [5, 5.41) is 0.122. The van der Waals surface area contributed by atoms with Gasteiger partial charge in [0, 0.05) is 6.04 Å². The maximum absolute atomic E-state index is 11.8. The zero-order valence-corrected chi connectivity index (χ0v) is 9.84. The van der Waals surface area contributed by atoms with Crippen LogP contribution < -0.4 is 4.72 Å². The average Bonchev–Trinajstić information content (AvgIpc) is 2.70. The van der Waals surface area contributed by atoms with E-state index in [1.807, 2.05) is 13.8 Å². The predicted octanol–water partition coefficient (Wildman–Crippen LogP) is 1.27. The third kappa shape index (κ3) is 3.32. The Bertz CT molecular complexity index is 372. The molecular weight excluding hydrogens is 214 g/mol. The largest absolute Gasteiger partial charge is 0.335 e. The van der Waals surface area contributed by atoms with Crippen LogP contribution in [0.15, 0.2) is 17.6 Å². The van der Waals surface area contributed by atoms with E-state index >= 15 is 0 Å². The summed E-state index contributed by atoms with van der Waals surface area (Å²) in [6, 6.07) is 0.00306. The van der Waals surface area contributed by atoms with Gasteiger partial charge in [-0.2, -0.15) is 0 Å². The lowest BCUT2D eigenvalue weighted by molar-refractivity contribution is 0.511. The Hall–Kier alpha value is -0.880. The molecule has 0 saturated heterocycles. The van der Waals surface area contributed by atoms with Crippen molar-refractivity contribution >= 4 is 10.0 Å². The molecule has 0 bridgehead atoms. The Labute approximate surface area is 90.4 Å². The lowest BCUT2D eigenvalue weighted by Crippen LogP contribution is -2.34. The van der Waals surface area contributed by atoms with Gasteiger partial charge in [0.2, 0.25) is 0 Å². The van der Waals surface area contributed by atoms with Crippen molar-refractivity contribution in [3.63, 3.8) is 0 Å². The molecule has 1 rings (SSSR count). The van der Waals surface area contributed by atoms with Crippen molar-refractivity contribution in [2.75, 3.05) is 0 Å². The molecule has 5 nitrogen and oxygen atoms in total. The summed E-state index contributed by atoms with van der Waals surface area (Å²) in [5.41, 5.74) is 0. The summed E-state index contributed by atoms with van der Waals surface area (Å²) < 4.78 is 26.2. The van der Waals surface area contributed by atoms with Crippen LogP contribution in [0.2, 0.25) is 0 Å². The highest BCUT2D eigenvalue weighted by Crippen LogP contribution is 2.08. The van der Waals surface area contributed by atoms with Crippen LogP contribution >= 0.6 is 0 Å². The van der Waals surface area contributed by atoms with E-state index in [0.717, 1.165) is 19.3 Å². The van der Waals surface area contributed by atoms with Gasteiger partial charge in [-0.25, -0.2) is 18.1 Å². The van der Waals surface area contributed by atoms with Crippen LogP contribution in [0.1, 0.15) is 33.1 Å². The second-order valence-corrected chi connectivity index (χ2v) is 5.11. The molecule has 2 N–H and O–H groups in total. The number of rotatable bonds is 6. The lowest BCUT2D eigenvalue weighted by Gasteiger charge is -2.14. The number of nitrogens with zero attached hydrogens (tertiary/aromatic N) is 1. The Kier molecular flexibility index (Phi) is 4.28. The normalized spacial score (nSPS) is 14.0. The maximum atomic E-state index is 11.8. The molecular formula is C9H17N3O2S. The van der Waals surface area contributed by atoms with E-state index in [-0.39, 0.29) is 11.1 Å². The van der Waals surface area contributed by atoms with Crippen LogP contribution in [0.4, 0.5) is 0 Å². The molecule has 0 aliphatic rings. The number of hydrogen-bond donors (Lipinski definition) is 2. The van der Waals surface area contributed by atoms with Crippen LogP contribution in [0.25, 0.3) is 0 Å². The predicted molar refractivity (Wildman–Crippen MR) is 57.9 cm³/mol. The molecule has 1 aromatic heterocycles. The topological polar surface area (TPSA) is 74.8 Å². The third-order valence-corrected chi connectivity index (χ3v) is 3.66. The fraction of sp³-hybridized carbons (Fsp3) is 0.667. The molecule has 1 unspecified atom stereocenters. The van der Waals surface area contributed by atoms with Crippen molar-refractivity contribution in [2.45, 2.75) is 44.2 Å². The minimum atomic E-state index is -3.42. The monoisotopic (exact) mass is 231 g/mol. The number of aromatic amines is 1. The van der Waals surface area contributed by atoms with E-state index in [1.54, 1.807) is 0 Å². The lowest BCUT2D eigenvalue weighted by atomic mass is 10.1. The first kappa shape index (κ1) is 12.2. The van der Waals surface area contributed by atoms with Gasteiger partial charge in [0.15, 0.2) is 5.03 Å². The smallest absolute Gasteiger partial charge is 0.257 e. The SMILES string of the molecule is CCCC(CC)NS(=O)(=O)c1cnc[nH]1. The molecule has 0 aliphatic carbocycles. The van der Waals surface area contributed by atoms with Crippen molar-refractivity contribution in [1.29, 1.82) is 0 Å².